The second-order valence-electron chi connectivity index (χ2n) is 3.85. The third-order valence-electron chi connectivity index (χ3n) is 2.15. The Morgan fingerprint density at radius 3 is 2.61 bits per heavy atom. The van der Waals surface area contributed by atoms with Gasteiger partial charge in [-0.05, 0) is 13.0 Å². The van der Waals surface area contributed by atoms with Gasteiger partial charge in [0.25, 0.3) is 11.6 Å². The first-order valence-electron chi connectivity index (χ1n) is 5.46. The van der Waals surface area contributed by atoms with E-state index in [1.807, 2.05) is 6.92 Å². The van der Waals surface area contributed by atoms with Crippen molar-refractivity contribution in [3.8, 4) is 0 Å². The lowest BCUT2D eigenvalue weighted by atomic mass is 10.1. The van der Waals surface area contributed by atoms with Gasteiger partial charge in [0.05, 0.1) is 10.5 Å². The topological polar surface area (TPSA) is 87.5 Å². The molecule has 0 aliphatic heterocycles. The number of nitro groups is 1. The first kappa shape index (κ1) is 13.9. The molecule has 1 amide bonds. The molecule has 0 aromatic heterocycles. The van der Waals surface area contributed by atoms with E-state index in [1.165, 1.54) is 23.2 Å². The maximum absolute atomic E-state index is 11.9. The van der Waals surface area contributed by atoms with Gasteiger partial charge in [-0.3, -0.25) is 20.3 Å². The average molecular weight is 252 g/mol. The molecule has 0 fully saturated rings. The predicted molar refractivity (Wildman–Crippen MR) is 68.4 cm³/mol. The van der Waals surface area contributed by atoms with Gasteiger partial charge < -0.3 is 5.32 Å². The Bertz CT molecular complexity index is 460. The highest BCUT2D eigenvalue weighted by molar-refractivity contribution is 6.00. The monoisotopic (exact) mass is 252 g/mol. The van der Waals surface area contributed by atoms with Crippen molar-refractivity contribution in [3.63, 3.8) is 0 Å². The van der Waals surface area contributed by atoms with Crippen molar-refractivity contribution in [2.45, 2.75) is 6.92 Å². The highest BCUT2D eigenvalue weighted by atomic mass is 16.6. The number of benzene rings is 1. The molecule has 0 aliphatic rings. The summed E-state index contributed by atoms with van der Waals surface area (Å²) in [5.41, 5.74) is 3.27. The Morgan fingerprint density at radius 1 is 1.44 bits per heavy atom. The minimum Gasteiger partial charge on any atom is -0.385 e. The van der Waals surface area contributed by atoms with E-state index in [4.69, 9.17) is 0 Å². The van der Waals surface area contributed by atoms with Crippen LogP contribution >= 0.6 is 0 Å². The zero-order valence-electron chi connectivity index (χ0n) is 10.6. The summed E-state index contributed by atoms with van der Waals surface area (Å²) < 4.78 is 0. The third kappa shape index (κ3) is 3.42. The summed E-state index contributed by atoms with van der Waals surface area (Å²) in [4.78, 5) is 22.1. The summed E-state index contributed by atoms with van der Waals surface area (Å²) in [6.45, 7) is 2.51. The molecule has 1 rings (SSSR count). The van der Waals surface area contributed by atoms with Crippen LogP contribution in [0, 0.1) is 10.1 Å². The van der Waals surface area contributed by atoms with Crippen LogP contribution in [0.25, 0.3) is 0 Å². The lowest BCUT2D eigenvalue weighted by molar-refractivity contribution is -0.384. The van der Waals surface area contributed by atoms with Crippen LogP contribution in [-0.2, 0) is 0 Å². The minimum absolute atomic E-state index is 0.111. The molecule has 1 aromatic rings. The summed E-state index contributed by atoms with van der Waals surface area (Å²) in [5.74, 6) is -0.389. The van der Waals surface area contributed by atoms with Crippen molar-refractivity contribution in [2.24, 2.45) is 0 Å². The molecule has 0 unspecified atom stereocenters. The zero-order chi connectivity index (χ0) is 13.7. The second-order valence-corrected chi connectivity index (χ2v) is 3.85. The Morgan fingerprint density at radius 2 is 2.11 bits per heavy atom. The molecule has 98 valence electrons. The maximum atomic E-state index is 11.9. The molecule has 18 heavy (non-hydrogen) atoms. The predicted octanol–water partition coefficient (Wildman–Crippen LogP) is 1.23. The van der Waals surface area contributed by atoms with Crippen LogP contribution in [0.5, 0.6) is 0 Å². The van der Waals surface area contributed by atoms with Crippen LogP contribution in [0.15, 0.2) is 18.2 Å². The van der Waals surface area contributed by atoms with Gasteiger partial charge in [-0.2, -0.15) is 0 Å². The van der Waals surface area contributed by atoms with E-state index >= 15 is 0 Å². The van der Waals surface area contributed by atoms with Gasteiger partial charge in [0.1, 0.15) is 0 Å². The van der Waals surface area contributed by atoms with E-state index in [1.54, 1.807) is 14.1 Å². The number of carbonyl (C=O) groups is 1. The summed E-state index contributed by atoms with van der Waals surface area (Å²) in [6.07, 6.45) is 0. The number of nitrogens with zero attached hydrogens (tertiary/aromatic N) is 2. The van der Waals surface area contributed by atoms with Crippen LogP contribution in [0.3, 0.4) is 0 Å². The third-order valence-corrected chi connectivity index (χ3v) is 2.15. The molecule has 0 spiro atoms. The Labute approximate surface area is 105 Å². The van der Waals surface area contributed by atoms with Gasteiger partial charge in [0.2, 0.25) is 0 Å². The van der Waals surface area contributed by atoms with Gasteiger partial charge in [0, 0.05) is 38.5 Å². The summed E-state index contributed by atoms with van der Waals surface area (Å²) >= 11 is 0. The molecule has 7 heteroatoms. The fraction of sp³-hybridized carbons (Fsp3) is 0.364. The number of hydrazine groups is 1. The number of carbonyl (C=O) groups excluding carboxylic acids is 1. The Balaban J connectivity index is 3.14. The van der Waals surface area contributed by atoms with Crippen LogP contribution in [0.4, 0.5) is 11.4 Å². The van der Waals surface area contributed by atoms with E-state index in [0.717, 1.165) is 0 Å². The lowest BCUT2D eigenvalue weighted by Gasteiger charge is -2.14. The van der Waals surface area contributed by atoms with E-state index in [2.05, 4.69) is 10.7 Å². The maximum Gasteiger partial charge on any atom is 0.270 e. The largest absolute Gasteiger partial charge is 0.385 e. The molecular formula is C11H16N4O3. The highest BCUT2D eigenvalue weighted by Crippen LogP contribution is 2.22. The molecule has 1 aromatic carbocycles. The molecule has 0 radical (unpaired) electrons. The second kappa shape index (κ2) is 5.97. The van der Waals surface area contributed by atoms with Crippen molar-refractivity contribution >= 4 is 17.3 Å². The number of hydrogen-bond acceptors (Lipinski definition) is 5. The molecule has 0 heterocycles. The van der Waals surface area contributed by atoms with Gasteiger partial charge in [-0.15, -0.1) is 0 Å². The van der Waals surface area contributed by atoms with E-state index < -0.39 is 4.92 Å². The van der Waals surface area contributed by atoms with Crippen molar-refractivity contribution in [2.75, 3.05) is 26.0 Å². The van der Waals surface area contributed by atoms with Crippen molar-refractivity contribution in [1.82, 2.24) is 10.4 Å². The summed E-state index contributed by atoms with van der Waals surface area (Å²) in [5, 5.41) is 15.2. The first-order valence-corrected chi connectivity index (χ1v) is 5.46. The van der Waals surface area contributed by atoms with Crippen LogP contribution in [0.1, 0.15) is 17.3 Å². The van der Waals surface area contributed by atoms with Crippen molar-refractivity contribution in [3.05, 3.63) is 33.9 Å². The van der Waals surface area contributed by atoms with Gasteiger partial charge in [0.15, 0.2) is 0 Å². The minimum atomic E-state index is -0.526. The molecule has 0 atom stereocenters. The number of amides is 1. The highest BCUT2D eigenvalue weighted by Gasteiger charge is 2.16. The molecule has 0 bridgehead atoms. The number of nitrogens with one attached hydrogen (secondary N) is 2. The Kier molecular flexibility index (Phi) is 4.61. The molecule has 0 saturated heterocycles. The number of hydrogen-bond donors (Lipinski definition) is 2. The number of rotatable bonds is 5. The van der Waals surface area contributed by atoms with Gasteiger partial charge in [-0.1, -0.05) is 0 Å². The number of anilines is 1. The van der Waals surface area contributed by atoms with Crippen molar-refractivity contribution in [1.29, 1.82) is 0 Å². The van der Waals surface area contributed by atoms with Gasteiger partial charge in [-0.25, -0.2) is 5.01 Å². The fourth-order valence-electron chi connectivity index (χ4n) is 1.44. The quantitative estimate of drug-likeness (QED) is 0.608. The van der Waals surface area contributed by atoms with E-state index in [9.17, 15) is 14.9 Å². The van der Waals surface area contributed by atoms with Crippen molar-refractivity contribution < 1.29 is 9.72 Å². The molecule has 0 saturated carbocycles. The molecule has 0 aliphatic carbocycles. The van der Waals surface area contributed by atoms with Crippen LogP contribution in [0.2, 0.25) is 0 Å². The van der Waals surface area contributed by atoms with Crippen LogP contribution in [-0.4, -0.2) is 36.5 Å². The molecule has 2 N–H and O–H groups in total. The zero-order valence-corrected chi connectivity index (χ0v) is 10.6. The van der Waals surface area contributed by atoms with E-state index in [0.29, 0.717) is 12.2 Å². The lowest BCUT2D eigenvalue weighted by Crippen LogP contribution is -2.36. The van der Waals surface area contributed by atoms with Crippen LogP contribution < -0.4 is 10.7 Å². The fourth-order valence-corrected chi connectivity index (χ4v) is 1.44. The van der Waals surface area contributed by atoms with E-state index in [-0.39, 0.29) is 17.2 Å². The SMILES string of the molecule is CCNc1ccc([N+](=O)[O-])cc1C(=O)NN(C)C. The summed E-state index contributed by atoms with van der Waals surface area (Å²) in [6, 6.07) is 4.16. The average Bonchev–Trinajstić information content (AvgIpc) is 2.28. The molecular weight excluding hydrogens is 236 g/mol. The standard InChI is InChI=1S/C11H16N4O3/c1-4-12-10-6-5-8(15(17)18)7-9(10)11(16)13-14(2)3/h5-7,12H,4H2,1-3H3,(H,13,16). The first-order chi connectivity index (χ1) is 8.45. The van der Waals surface area contributed by atoms with Gasteiger partial charge >= 0.3 is 0 Å². The summed E-state index contributed by atoms with van der Waals surface area (Å²) in [7, 11) is 3.34. The number of nitro benzene ring substituents is 1. The number of non-ortho nitro benzene ring substituents is 1. The molecule has 7 nitrogen and oxygen atoms in total. The normalized spacial score (nSPS) is 10.2. The smallest absolute Gasteiger partial charge is 0.270 e. The Hall–Kier alpha value is -2.15.